The Morgan fingerprint density at radius 2 is 1.52 bits per heavy atom. The third-order valence-electron chi connectivity index (χ3n) is 6.97. The maximum Gasteiger partial charge on any atom is 0.0541 e. The molecule has 31 heavy (non-hydrogen) atoms. The van der Waals surface area contributed by atoms with Gasteiger partial charge in [0, 0.05) is 32.3 Å². The molecule has 0 saturated heterocycles. The van der Waals surface area contributed by atoms with Crippen LogP contribution in [-0.4, -0.2) is 0 Å². The fraction of sp³-hybridized carbons (Fsp3) is 0.241. The van der Waals surface area contributed by atoms with Crippen LogP contribution in [0.2, 0.25) is 0 Å². The Bertz CT molecular complexity index is 1260. The highest BCUT2D eigenvalue weighted by Crippen LogP contribution is 2.54. The molecule has 3 aromatic carbocycles. The molecular formula is C29H29NS. The Morgan fingerprint density at radius 1 is 0.839 bits per heavy atom. The maximum atomic E-state index is 3.71. The van der Waals surface area contributed by atoms with Gasteiger partial charge in [-0.15, -0.1) is 11.3 Å². The molecule has 0 radical (unpaired) electrons. The summed E-state index contributed by atoms with van der Waals surface area (Å²) >= 11 is 1.85. The van der Waals surface area contributed by atoms with Gasteiger partial charge in [-0.2, -0.15) is 0 Å². The van der Waals surface area contributed by atoms with Crippen LogP contribution in [0.3, 0.4) is 0 Å². The highest BCUT2D eigenvalue weighted by Gasteiger charge is 2.38. The van der Waals surface area contributed by atoms with Gasteiger partial charge < -0.3 is 5.32 Å². The van der Waals surface area contributed by atoms with Crippen LogP contribution in [0.15, 0.2) is 78.2 Å². The summed E-state index contributed by atoms with van der Waals surface area (Å²) < 4.78 is 0. The number of nitrogens with one attached hydrogen (secondary N) is 1. The number of thiophene rings is 1. The van der Waals surface area contributed by atoms with Crippen molar-refractivity contribution in [3.05, 3.63) is 106 Å². The number of aryl methyl sites for hydroxylation is 1. The summed E-state index contributed by atoms with van der Waals surface area (Å²) in [5, 5.41) is 5.99. The summed E-state index contributed by atoms with van der Waals surface area (Å²) in [4.78, 5) is 1.40. The fourth-order valence-electron chi connectivity index (χ4n) is 5.18. The lowest BCUT2D eigenvalue weighted by molar-refractivity contribution is 0.636. The normalized spacial score (nSPS) is 14.2. The highest BCUT2D eigenvalue weighted by atomic mass is 32.1. The molecule has 1 aliphatic rings. The van der Waals surface area contributed by atoms with Crippen LogP contribution < -0.4 is 5.32 Å². The van der Waals surface area contributed by atoms with E-state index in [9.17, 15) is 0 Å². The van der Waals surface area contributed by atoms with Crippen LogP contribution in [0.1, 0.15) is 55.5 Å². The van der Waals surface area contributed by atoms with Crippen molar-refractivity contribution >= 4 is 22.7 Å². The average Bonchev–Trinajstić information content (AvgIpc) is 3.27. The van der Waals surface area contributed by atoms with E-state index in [2.05, 4.69) is 118 Å². The number of hydrogen-bond donors (Lipinski definition) is 1. The molecule has 5 rings (SSSR count). The van der Waals surface area contributed by atoms with Gasteiger partial charge in [-0.1, -0.05) is 88.4 Å². The maximum absolute atomic E-state index is 3.71. The molecule has 0 saturated carbocycles. The molecule has 1 aromatic heterocycles. The van der Waals surface area contributed by atoms with E-state index in [-0.39, 0.29) is 10.8 Å². The van der Waals surface area contributed by atoms with Gasteiger partial charge in [0.1, 0.15) is 0 Å². The lowest BCUT2D eigenvalue weighted by Crippen LogP contribution is -2.20. The zero-order chi connectivity index (χ0) is 21.8. The summed E-state index contributed by atoms with van der Waals surface area (Å²) in [6.45, 7) is 11.5. The van der Waals surface area contributed by atoms with E-state index in [0.717, 1.165) is 5.69 Å². The first-order valence-electron chi connectivity index (χ1n) is 11.0. The van der Waals surface area contributed by atoms with Gasteiger partial charge in [-0.05, 0) is 46.9 Å². The number of fused-ring (bicyclic) bond motifs is 3. The predicted molar refractivity (Wildman–Crippen MR) is 135 cm³/mol. The topological polar surface area (TPSA) is 12.0 Å². The van der Waals surface area contributed by atoms with Crippen LogP contribution in [0.4, 0.5) is 11.4 Å². The van der Waals surface area contributed by atoms with Crippen molar-refractivity contribution in [2.45, 2.75) is 45.4 Å². The molecule has 1 nitrogen and oxygen atoms in total. The van der Waals surface area contributed by atoms with Crippen LogP contribution >= 0.6 is 11.3 Å². The Morgan fingerprint density at radius 3 is 2.26 bits per heavy atom. The van der Waals surface area contributed by atoms with E-state index < -0.39 is 0 Å². The second kappa shape index (κ2) is 7.10. The number of benzene rings is 3. The molecule has 0 unspecified atom stereocenters. The predicted octanol–water partition coefficient (Wildman–Crippen LogP) is 8.43. The average molecular weight is 424 g/mol. The van der Waals surface area contributed by atoms with Crippen molar-refractivity contribution in [1.29, 1.82) is 0 Å². The molecule has 1 N–H and O–H groups in total. The highest BCUT2D eigenvalue weighted by molar-refractivity contribution is 7.14. The number of anilines is 2. The van der Waals surface area contributed by atoms with Gasteiger partial charge in [-0.25, -0.2) is 0 Å². The van der Waals surface area contributed by atoms with Crippen LogP contribution in [0.5, 0.6) is 0 Å². The van der Waals surface area contributed by atoms with Gasteiger partial charge in [0.2, 0.25) is 0 Å². The molecule has 1 heterocycles. The molecule has 2 heteroatoms. The molecule has 0 spiro atoms. The lowest BCUT2D eigenvalue weighted by atomic mass is 9.76. The Labute approximate surface area is 189 Å². The summed E-state index contributed by atoms with van der Waals surface area (Å²) in [5.74, 6) is 0. The smallest absolute Gasteiger partial charge is 0.0541 e. The van der Waals surface area contributed by atoms with E-state index in [1.807, 2.05) is 11.3 Å². The Balaban J connectivity index is 1.45. The van der Waals surface area contributed by atoms with Crippen LogP contribution in [0, 0.1) is 6.92 Å². The SMILES string of the molecule is Cc1ccccc1C(C)(C)c1ccc(Nc2csc3c2C(C)(C)c2ccccc2-3)cc1. The third-order valence-corrected chi connectivity index (χ3v) is 7.98. The van der Waals surface area contributed by atoms with Gasteiger partial charge in [-0.3, -0.25) is 0 Å². The van der Waals surface area contributed by atoms with E-state index in [4.69, 9.17) is 0 Å². The van der Waals surface area contributed by atoms with Gasteiger partial charge in [0.25, 0.3) is 0 Å². The van der Waals surface area contributed by atoms with Crippen molar-refractivity contribution in [3.63, 3.8) is 0 Å². The van der Waals surface area contributed by atoms with Crippen molar-refractivity contribution in [3.8, 4) is 10.4 Å². The zero-order valence-corrected chi connectivity index (χ0v) is 19.7. The quantitative estimate of drug-likeness (QED) is 0.347. The molecular weight excluding hydrogens is 394 g/mol. The van der Waals surface area contributed by atoms with Crippen molar-refractivity contribution in [2.75, 3.05) is 5.32 Å². The molecule has 156 valence electrons. The van der Waals surface area contributed by atoms with E-state index in [1.54, 1.807) is 0 Å². The van der Waals surface area contributed by atoms with Gasteiger partial charge >= 0.3 is 0 Å². The summed E-state index contributed by atoms with van der Waals surface area (Å²) in [7, 11) is 0. The standard InChI is InChI=1S/C29H29NS/c1-19-10-6-8-12-23(19)28(2,3)20-14-16-21(17-15-20)30-25-18-31-27-22-11-7-9-13-24(22)29(4,5)26(25)27/h6-18,30H,1-5H3. The Hall–Kier alpha value is -2.84. The van der Waals surface area contributed by atoms with Gasteiger partial charge in [0.05, 0.1) is 5.69 Å². The second-order valence-electron chi connectivity index (χ2n) is 9.67. The minimum absolute atomic E-state index is 0.0149. The summed E-state index contributed by atoms with van der Waals surface area (Å²) in [5.41, 5.74) is 10.6. The molecule has 0 atom stereocenters. The van der Waals surface area contributed by atoms with E-state index >= 15 is 0 Å². The van der Waals surface area contributed by atoms with Crippen molar-refractivity contribution in [1.82, 2.24) is 0 Å². The molecule has 4 aromatic rings. The van der Waals surface area contributed by atoms with Crippen molar-refractivity contribution in [2.24, 2.45) is 0 Å². The molecule has 0 aliphatic heterocycles. The minimum atomic E-state index is -0.0306. The zero-order valence-electron chi connectivity index (χ0n) is 18.9. The molecule has 0 bridgehead atoms. The summed E-state index contributed by atoms with van der Waals surface area (Å²) in [6, 6.07) is 26.5. The number of hydrogen-bond acceptors (Lipinski definition) is 2. The first kappa shape index (κ1) is 20.1. The largest absolute Gasteiger partial charge is 0.355 e. The Kier molecular flexibility index (Phi) is 4.60. The molecule has 0 fully saturated rings. The van der Waals surface area contributed by atoms with E-state index in [1.165, 1.54) is 43.9 Å². The molecule has 1 aliphatic carbocycles. The number of rotatable bonds is 4. The monoisotopic (exact) mass is 423 g/mol. The first-order valence-corrected chi connectivity index (χ1v) is 11.8. The lowest BCUT2D eigenvalue weighted by Gasteiger charge is -2.28. The third kappa shape index (κ3) is 3.13. The first-order chi connectivity index (χ1) is 14.8. The fourth-order valence-corrected chi connectivity index (χ4v) is 6.39. The second-order valence-corrected chi connectivity index (χ2v) is 10.5. The van der Waals surface area contributed by atoms with Crippen molar-refractivity contribution < 1.29 is 0 Å². The summed E-state index contributed by atoms with van der Waals surface area (Å²) in [6.07, 6.45) is 0. The molecule has 0 amide bonds. The van der Waals surface area contributed by atoms with Crippen LogP contribution in [0.25, 0.3) is 10.4 Å². The van der Waals surface area contributed by atoms with Crippen LogP contribution in [-0.2, 0) is 10.8 Å². The minimum Gasteiger partial charge on any atom is -0.355 e. The van der Waals surface area contributed by atoms with Gasteiger partial charge in [0.15, 0.2) is 0 Å². The van der Waals surface area contributed by atoms with E-state index in [0.29, 0.717) is 0 Å².